The number of amides is 2. The highest BCUT2D eigenvalue weighted by Gasteiger charge is 2.26. The van der Waals surface area contributed by atoms with Crippen molar-refractivity contribution in [1.82, 2.24) is 34.9 Å². The van der Waals surface area contributed by atoms with Crippen LogP contribution in [-0.2, 0) is 18.4 Å². The standard InChI is InChI=1S/C27H30N8O2/c1-4-35(5-2)27(37)24(19-10-7-6-8-11-19)31-26(36)20-12-9-13-21(16-20)29-17-23-32-33-25(34(23)3)22-14-15-28-18-30-22/h6-16,18,24,29H,4-5,17H2,1-3H3,(H,31,36). The van der Waals surface area contributed by atoms with E-state index >= 15 is 0 Å². The zero-order valence-electron chi connectivity index (χ0n) is 21.1. The molecule has 2 N–H and O–H groups in total. The van der Waals surface area contributed by atoms with Gasteiger partial charge in [0.15, 0.2) is 11.6 Å². The summed E-state index contributed by atoms with van der Waals surface area (Å²) in [4.78, 5) is 36.3. The molecule has 0 fully saturated rings. The number of aromatic nitrogens is 5. The van der Waals surface area contributed by atoms with Crippen LogP contribution in [0.15, 0.2) is 73.2 Å². The first-order chi connectivity index (χ1) is 18.0. The SMILES string of the molecule is CCN(CC)C(=O)C(NC(=O)c1cccc(NCc2nnc(-c3ccncn3)n2C)c1)c1ccccc1. The Balaban J connectivity index is 1.48. The molecular formula is C27H30N8O2. The van der Waals surface area contributed by atoms with E-state index in [2.05, 4.69) is 30.8 Å². The van der Waals surface area contributed by atoms with Crippen LogP contribution in [0.1, 0.15) is 41.6 Å². The Morgan fingerprint density at radius 2 is 1.78 bits per heavy atom. The Morgan fingerprint density at radius 3 is 2.49 bits per heavy atom. The largest absolute Gasteiger partial charge is 0.378 e. The number of hydrogen-bond acceptors (Lipinski definition) is 7. The Hall–Kier alpha value is -4.60. The van der Waals surface area contributed by atoms with Crippen LogP contribution in [0.5, 0.6) is 0 Å². The van der Waals surface area contributed by atoms with Crippen molar-refractivity contribution in [1.29, 1.82) is 0 Å². The molecule has 2 aromatic carbocycles. The maximum absolute atomic E-state index is 13.2. The molecule has 1 unspecified atom stereocenters. The first-order valence-electron chi connectivity index (χ1n) is 12.1. The summed E-state index contributed by atoms with van der Waals surface area (Å²) in [6.45, 7) is 5.37. The lowest BCUT2D eigenvalue weighted by Gasteiger charge is -2.26. The zero-order valence-corrected chi connectivity index (χ0v) is 21.1. The van der Waals surface area contributed by atoms with E-state index in [9.17, 15) is 9.59 Å². The number of likely N-dealkylation sites (N-methyl/N-ethyl adjacent to an activating group) is 1. The first-order valence-corrected chi connectivity index (χ1v) is 12.1. The molecule has 4 aromatic rings. The average Bonchev–Trinajstić information content (AvgIpc) is 3.32. The van der Waals surface area contributed by atoms with Gasteiger partial charge >= 0.3 is 0 Å². The first kappa shape index (κ1) is 25.5. The number of nitrogens with one attached hydrogen (secondary N) is 2. The second-order valence-corrected chi connectivity index (χ2v) is 8.36. The summed E-state index contributed by atoms with van der Waals surface area (Å²) in [7, 11) is 1.87. The predicted molar refractivity (Wildman–Crippen MR) is 140 cm³/mol. The molecule has 0 aliphatic heterocycles. The summed E-state index contributed by atoms with van der Waals surface area (Å²) in [5.74, 6) is 0.873. The number of benzene rings is 2. The topological polar surface area (TPSA) is 118 Å². The molecule has 190 valence electrons. The molecule has 1 atom stereocenters. The predicted octanol–water partition coefficient (Wildman–Crippen LogP) is 3.22. The summed E-state index contributed by atoms with van der Waals surface area (Å²) in [6.07, 6.45) is 3.12. The second-order valence-electron chi connectivity index (χ2n) is 8.36. The molecular weight excluding hydrogens is 468 g/mol. The summed E-state index contributed by atoms with van der Waals surface area (Å²) in [5, 5.41) is 14.7. The van der Waals surface area contributed by atoms with E-state index in [1.807, 2.05) is 61.9 Å². The van der Waals surface area contributed by atoms with Crippen LogP contribution in [0.3, 0.4) is 0 Å². The minimum atomic E-state index is -0.774. The van der Waals surface area contributed by atoms with Crippen LogP contribution in [0.4, 0.5) is 5.69 Å². The van der Waals surface area contributed by atoms with E-state index in [1.165, 1.54) is 6.33 Å². The normalized spacial score (nSPS) is 11.5. The molecule has 0 radical (unpaired) electrons. The van der Waals surface area contributed by atoms with Crippen LogP contribution < -0.4 is 10.6 Å². The number of nitrogens with zero attached hydrogens (tertiary/aromatic N) is 6. The van der Waals surface area contributed by atoms with Gasteiger partial charge in [-0.3, -0.25) is 9.59 Å². The highest BCUT2D eigenvalue weighted by molar-refractivity contribution is 5.98. The third-order valence-corrected chi connectivity index (χ3v) is 6.08. The van der Waals surface area contributed by atoms with Gasteiger partial charge < -0.3 is 20.1 Å². The minimum absolute atomic E-state index is 0.138. The van der Waals surface area contributed by atoms with Crippen molar-refractivity contribution in [3.8, 4) is 11.5 Å². The van der Waals surface area contributed by atoms with E-state index in [1.54, 1.807) is 35.4 Å². The Labute approximate surface area is 215 Å². The van der Waals surface area contributed by atoms with Gasteiger partial charge in [-0.1, -0.05) is 36.4 Å². The molecule has 0 aliphatic carbocycles. The van der Waals surface area contributed by atoms with Crippen LogP contribution in [0, 0.1) is 0 Å². The third kappa shape index (κ3) is 5.97. The van der Waals surface area contributed by atoms with E-state index in [0.29, 0.717) is 42.5 Å². The Morgan fingerprint density at radius 1 is 1.00 bits per heavy atom. The van der Waals surface area contributed by atoms with E-state index < -0.39 is 6.04 Å². The fourth-order valence-electron chi connectivity index (χ4n) is 3.98. The van der Waals surface area contributed by atoms with Gasteiger partial charge in [-0.25, -0.2) is 9.97 Å². The van der Waals surface area contributed by atoms with Gasteiger partial charge in [0.25, 0.3) is 5.91 Å². The van der Waals surface area contributed by atoms with Crippen molar-refractivity contribution in [2.24, 2.45) is 7.05 Å². The van der Waals surface area contributed by atoms with Crippen molar-refractivity contribution in [2.75, 3.05) is 18.4 Å². The van der Waals surface area contributed by atoms with Gasteiger partial charge in [0, 0.05) is 37.6 Å². The number of rotatable bonds is 10. The van der Waals surface area contributed by atoms with Crippen LogP contribution >= 0.6 is 0 Å². The van der Waals surface area contributed by atoms with E-state index in [0.717, 1.165) is 11.3 Å². The van der Waals surface area contributed by atoms with Crippen molar-refractivity contribution in [2.45, 2.75) is 26.4 Å². The monoisotopic (exact) mass is 498 g/mol. The molecule has 0 saturated carbocycles. The molecule has 0 spiro atoms. The highest BCUT2D eigenvalue weighted by atomic mass is 16.2. The van der Waals surface area contributed by atoms with Crippen LogP contribution in [0.25, 0.3) is 11.5 Å². The van der Waals surface area contributed by atoms with Crippen molar-refractivity contribution < 1.29 is 9.59 Å². The third-order valence-electron chi connectivity index (χ3n) is 6.08. The fourth-order valence-corrected chi connectivity index (χ4v) is 3.98. The number of carbonyl (C=O) groups is 2. The van der Waals surface area contributed by atoms with Crippen LogP contribution in [0.2, 0.25) is 0 Å². The summed E-state index contributed by atoms with van der Waals surface area (Å²) in [6, 6.07) is 17.4. The van der Waals surface area contributed by atoms with Crippen molar-refractivity contribution in [3.05, 3.63) is 90.1 Å². The maximum Gasteiger partial charge on any atom is 0.252 e. The van der Waals surface area contributed by atoms with Gasteiger partial charge in [-0.2, -0.15) is 0 Å². The van der Waals surface area contributed by atoms with Crippen molar-refractivity contribution in [3.63, 3.8) is 0 Å². The molecule has 2 aromatic heterocycles. The summed E-state index contributed by atoms with van der Waals surface area (Å²) in [5.41, 5.74) is 2.61. The highest BCUT2D eigenvalue weighted by Crippen LogP contribution is 2.19. The maximum atomic E-state index is 13.2. The van der Waals surface area contributed by atoms with Gasteiger partial charge in [-0.15, -0.1) is 10.2 Å². The smallest absolute Gasteiger partial charge is 0.252 e. The lowest BCUT2D eigenvalue weighted by molar-refractivity contribution is -0.133. The fraction of sp³-hybridized carbons (Fsp3) is 0.259. The molecule has 2 heterocycles. The van der Waals surface area contributed by atoms with Crippen LogP contribution in [-0.4, -0.2) is 54.5 Å². The van der Waals surface area contributed by atoms with Gasteiger partial charge in [0.05, 0.1) is 6.54 Å². The zero-order chi connectivity index (χ0) is 26.2. The molecule has 10 heteroatoms. The molecule has 0 saturated heterocycles. The van der Waals surface area contributed by atoms with Crippen molar-refractivity contribution >= 4 is 17.5 Å². The van der Waals surface area contributed by atoms with E-state index in [4.69, 9.17) is 0 Å². The minimum Gasteiger partial charge on any atom is -0.378 e. The number of anilines is 1. The quantitative estimate of drug-likeness (QED) is 0.345. The number of carbonyl (C=O) groups excluding carboxylic acids is 2. The molecule has 0 aliphatic rings. The molecule has 2 amide bonds. The second kappa shape index (κ2) is 11.9. The molecule has 10 nitrogen and oxygen atoms in total. The molecule has 0 bridgehead atoms. The molecule has 37 heavy (non-hydrogen) atoms. The number of hydrogen-bond donors (Lipinski definition) is 2. The lowest BCUT2D eigenvalue weighted by atomic mass is 10.0. The van der Waals surface area contributed by atoms with Gasteiger partial charge in [-0.05, 0) is 43.7 Å². The van der Waals surface area contributed by atoms with Gasteiger partial charge in [0.1, 0.15) is 18.1 Å². The Bertz CT molecular complexity index is 1340. The van der Waals surface area contributed by atoms with Gasteiger partial charge in [0.2, 0.25) is 5.91 Å². The lowest BCUT2D eigenvalue weighted by Crippen LogP contribution is -2.42. The molecule has 4 rings (SSSR count). The average molecular weight is 499 g/mol. The summed E-state index contributed by atoms with van der Waals surface area (Å²) < 4.78 is 1.86. The Kier molecular flexibility index (Phi) is 8.19. The summed E-state index contributed by atoms with van der Waals surface area (Å²) >= 11 is 0. The van der Waals surface area contributed by atoms with E-state index in [-0.39, 0.29) is 11.8 Å².